The molecule has 1 aromatic heterocycles. The standard InChI is InChI=1S/C6H7N3S/c1-4-2-8-3-5(9-4)6(7)10/h2-3H,1H3,(H2,7,10). The molecule has 0 aromatic carbocycles. The van der Waals surface area contributed by atoms with Gasteiger partial charge in [0.25, 0.3) is 0 Å². The second-order valence-electron chi connectivity index (χ2n) is 1.91. The van der Waals surface area contributed by atoms with Gasteiger partial charge in [-0.05, 0) is 6.92 Å². The van der Waals surface area contributed by atoms with E-state index in [0.717, 1.165) is 5.69 Å². The molecule has 0 aliphatic carbocycles. The summed E-state index contributed by atoms with van der Waals surface area (Å²) in [4.78, 5) is 8.21. The Morgan fingerprint density at radius 1 is 1.60 bits per heavy atom. The van der Waals surface area contributed by atoms with Crippen LogP contribution in [0, 0.1) is 6.92 Å². The predicted molar refractivity (Wildman–Crippen MR) is 42.7 cm³/mol. The molecule has 0 aliphatic rings. The number of hydrogen-bond donors (Lipinski definition) is 1. The summed E-state index contributed by atoms with van der Waals surface area (Å²) < 4.78 is 0. The van der Waals surface area contributed by atoms with E-state index in [1.165, 1.54) is 0 Å². The van der Waals surface area contributed by atoms with Crippen LogP contribution in [0.15, 0.2) is 12.4 Å². The molecule has 0 bridgehead atoms. The fraction of sp³-hybridized carbons (Fsp3) is 0.167. The van der Waals surface area contributed by atoms with Gasteiger partial charge in [0.15, 0.2) is 0 Å². The first-order valence-electron chi connectivity index (χ1n) is 2.78. The van der Waals surface area contributed by atoms with Gasteiger partial charge < -0.3 is 5.73 Å². The average Bonchev–Trinajstić information content (AvgIpc) is 1.88. The maximum Gasteiger partial charge on any atom is 0.124 e. The summed E-state index contributed by atoms with van der Waals surface area (Å²) >= 11 is 4.70. The molecule has 0 saturated carbocycles. The molecule has 10 heavy (non-hydrogen) atoms. The number of nitrogens with two attached hydrogens (primary N) is 1. The average molecular weight is 153 g/mol. The van der Waals surface area contributed by atoms with E-state index in [9.17, 15) is 0 Å². The lowest BCUT2D eigenvalue weighted by Gasteiger charge is -1.95. The fourth-order valence-electron chi connectivity index (χ4n) is 0.582. The lowest BCUT2D eigenvalue weighted by Crippen LogP contribution is -2.12. The maximum atomic E-state index is 5.31. The van der Waals surface area contributed by atoms with Crippen molar-refractivity contribution in [2.75, 3.05) is 0 Å². The highest BCUT2D eigenvalue weighted by Crippen LogP contribution is 1.93. The van der Waals surface area contributed by atoms with Crippen LogP contribution in [-0.4, -0.2) is 15.0 Å². The first-order valence-corrected chi connectivity index (χ1v) is 3.19. The highest BCUT2D eigenvalue weighted by atomic mass is 32.1. The molecule has 4 heteroatoms. The molecule has 0 aliphatic heterocycles. The molecule has 1 aromatic rings. The van der Waals surface area contributed by atoms with Gasteiger partial charge in [-0.3, -0.25) is 4.98 Å². The van der Waals surface area contributed by atoms with E-state index in [0.29, 0.717) is 5.69 Å². The highest BCUT2D eigenvalue weighted by Gasteiger charge is 1.96. The quantitative estimate of drug-likeness (QED) is 0.594. The van der Waals surface area contributed by atoms with Crippen molar-refractivity contribution in [1.82, 2.24) is 9.97 Å². The fourth-order valence-corrected chi connectivity index (χ4v) is 0.681. The van der Waals surface area contributed by atoms with Crippen molar-refractivity contribution < 1.29 is 0 Å². The number of nitrogens with zero attached hydrogens (tertiary/aromatic N) is 2. The summed E-state index contributed by atoms with van der Waals surface area (Å²) in [5.74, 6) is 0. The Morgan fingerprint density at radius 2 is 2.30 bits per heavy atom. The van der Waals surface area contributed by atoms with E-state index in [4.69, 9.17) is 18.0 Å². The summed E-state index contributed by atoms with van der Waals surface area (Å²) in [7, 11) is 0. The Morgan fingerprint density at radius 3 is 2.70 bits per heavy atom. The first kappa shape index (κ1) is 7.08. The number of thiocarbonyl (C=S) groups is 1. The van der Waals surface area contributed by atoms with E-state index in [-0.39, 0.29) is 4.99 Å². The molecule has 1 heterocycles. The van der Waals surface area contributed by atoms with Gasteiger partial charge in [0.2, 0.25) is 0 Å². The zero-order chi connectivity index (χ0) is 7.56. The van der Waals surface area contributed by atoms with Crippen molar-refractivity contribution in [3.05, 3.63) is 23.8 Å². The Kier molecular flexibility index (Phi) is 1.91. The Balaban J connectivity index is 3.07. The molecule has 1 rings (SSSR count). The summed E-state index contributed by atoms with van der Waals surface area (Å²) in [6, 6.07) is 0. The number of aryl methyl sites for hydroxylation is 1. The van der Waals surface area contributed by atoms with Crippen molar-refractivity contribution in [3.63, 3.8) is 0 Å². The van der Waals surface area contributed by atoms with Crippen LogP contribution in [0.5, 0.6) is 0 Å². The summed E-state index contributed by atoms with van der Waals surface area (Å²) in [5, 5.41) is 0. The van der Waals surface area contributed by atoms with Crippen LogP contribution in [0.3, 0.4) is 0 Å². The van der Waals surface area contributed by atoms with Crippen LogP contribution in [0.1, 0.15) is 11.4 Å². The third kappa shape index (κ3) is 1.48. The van der Waals surface area contributed by atoms with Crippen LogP contribution in [0.4, 0.5) is 0 Å². The number of aromatic nitrogens is 2. The smallest absolute Gasteiger partial charge is 0.124 e. The lowest BCUT2D eigenvalue weighted by atomic mass is 10.4. The van der Waals surface area contributed by atoms with Gasteiger partial charge in [-0.25, -0.2) is 4.98 Å². The van der Waals surface area contributed by atoms with Gasteiger partial charge in [0.1, 0.15) is 10.7 Å². The van der Waals surface area contributed by atoms with Crippen molar-refractivity contribution in [3.8, 4) is 0 Å². The van der Waals surface area contributed by atoms with E-state index in [1.54, 1.807) is 12.4 Å². The third-order valence-electron chi connectivity index (χ3n) is 1.01. The lowest BCUT2D eigenvalue weighted by molar-refractivity contribution is 1.10. The van der Waals surface area contributed by atoms with Crippen molar-refractivity contribution in [2.24, 2.45) is 5.73 Å². The van der Waals surface area contributed by atoms with Gasteiger partial charge in [-0.15, -0.1) is 0 Å². The molecule has 0 amide bonds. The van der Waals surface area contributed by atoms with E-state index in [2.05, 4.69) is 9.97 Å². The Bertz CT molecular complexity index is 259. The third-order valence-corrected chi connectivity index (χ3v) is 1.22. The maximum absolute atomic E-state index is 5.31. The second kappa shape index (κ2) is 2.70. The molecule has 0 atom stereocenters. The van der Waals surface area contributed by atoms with Crippen LogP contribution >= 0.6 is 12.2 Å². The van der Waals surface area contributed by atoms with Gasteiger partial charge in [-0.2, -0.15) is 0 Å². The highest BCUT2D eigenvalue weighted by molar-refractivity contribution is 7.80. The zero-order valence-corrected chi connectivity index (χ0v) is 6.35. The molecule has 0 unspecified atom stereocenters. The monoisotopic (exact) mass is 153 g/mol. The van der Waals surface area contributed by atoms with Crippen LogP contribution in [0.25, 0.3) is 0 Å². The molecule has 0 radical (unpaired) electrons. The summed E-state index contributed by atoms with van der Waals surface area (Å²) in [5.41, 5.74) is 6.71. The minimum Gasteiger partial charge on any atom is -0.388 e. The minimum absolute atomic E-state index is 0.288. The topological polar surface area (TPSA) is 51.8 Å². The van der Waals surface area contributed by atoms with Gasteiger partial charge in [0, 0.05) is 6.20 Å². The van der Waals surface area contributed by atoms with Crippen molar-refractivity contribution in [2.45, 2.75) is 6.92 Å². The van der Waals surface area contributed by atoms with Gasteiger partial charge in [-0.1, -0.05) is 12.2 Å². The largest absolute Gasteiger partial charge is 0.388 e. The minimum atomic E-state index is 0.288. The van der Waals surface area contributed by atoms with Crippen molar-refractivity contribution >= 4 is 17.2 Å². The zero-order valence-electron chi connectivity index (χ0n) is 5.53. The van der Waals surface area contributed by atoms with Crippen LogP contribution in [-0.2, 0) is 0 Å². The van der Waals surface area contributed by atoms with E-state index >= 15 is 0 Å². The van der Waals surface area contributed by atoms with Gasteiger partial charge in [0.05, 0.1) is 11.9 Å². The van der Waals surface area contributed by atoms with E-state index < -0.39 is 0 Å². The van der Waals surface area contributed by atoms with Gasteiger partial charge >= 0.3 is 0 Å². The first-order chi connectivity index (χ1) is 4.70. The molecular weight excluding hydrogens is 146 g/mol. The molecule has 2 N–H and O–H groups in total. The molecule has 52 valence electrons. The molecule has 0 saturated heterocycles. The molecule has 0 fully saturated rings. The molecule has 0 spiro atoms. The summed E-state index contributed by atoms with van der Waals surface area (Å²) in [6.45, 7) is 1.84. The Labute approximate surface area is 64.3 Å². The molecular formula is C6H7N3S. The number of rotatable bonds is 1. The predicted octanol–water partition coefficient (Wildman–Crippen LogP) is 0.419. The van der Waals surface area contributed by atoms with Crippen LogP contribution < -0.4 is 5.73 Å². The SMILES string of the molecule is Cc1cncc(C(N)=S)n1. The normalized spacial score (nSPS) is 9.30. The van der Waals surface area contributed by atoms with Crippen molar-refractivity contribution in [1.29, 1.82) is 0 Å². The molecule has 3 nitrogen and oxygen atoms in total. The van der Waals surface area contributed by atoms with Crippen LogP contribution in [0.2, 0.25) is 0 Å². The van der Waals surface area contributed by atoms with E-state index in [1.807, 2.05) is 6.92 Å². The summed E-state index contributed by atoms with van der Waals surface area (Å²) in [6.07, 6.45) is 3.21. The second-order valence-corrected chi connectivity index (χ2v) is 2.35. The Hall–Kier alpha value is -1.03. The number of hydrogen-bond acceptors (Lipinski definition) is 3.